The van der Waals surface area contributed by atoms with Gasteiger partial charge < -0.3 is 4.74 Å². The van der Waals surface area contributed by atoms with Gasteiger partial charge in [-0.15, -0.1) is 0 Å². The van der Waals surface area contributed by atoms with Crippen molar-refractivity contribution in [3.63, 3.8) is 0 Å². The van der Waals surface area contributed by atoms with E-state index in [-0.39, 0.29) is 11.8 Å². The molecule has 2 aliphatic rings. The van der Waals surface area contributed by atoms with E-state index in [9.17, 15) is 9.59 Å². The normalized spacial score (nSPS) is 20.5. The van der Waals surface area contributed by atoms with Crippen molar-refractivity contribution >= 4 is 11.8 Å². The molecule has 0 saturated heterocycles. The average molecular weight is 234 g/mol. The minimum Gasteiger partial charge on any atom is -0.463 e. The summed E-state index contributed by atoms with van der Waals surface area (Å²) in [6.07, 6.45) is 3.96. The van der Waals surface area contributed by atoms with Crippen LogP contribution in [0.1, 0.15) is 46.0 Å². The number of carbonyl (C=O) groups excluding carboxylic acids is 2. The molecule has 0 aromatic rings. The molecule has 0 heterocycles. The molecule has 2 aliphatic carbocycles. The molecule has 2 rings (SSSR count). The highest BCUT2D eigenvalue weighted by Crippen LogP contribution is 2.39. The zero-order valence-electron chi connectivity index (χ0n) is 10.5. The van der Waals surface area contributed by atoms with E-state index in [4.69, 9.17) is 4.74 Å². The summed E-state index contributed by atoms with van der Waals surface area (Å²) in [6, 6.07) is 0. The van der Waals surface area contributed by atoms with Gasteiger partial charge in [-0.05, 0) is 38.7 Å². The summed E-state index contributed by atoms with van der Waals surface area (Å²) in [5.41, 5.74) is 3.54. The first kappa shape index (κ1) is 12.1. The lowest BCUT2D eigenvalue weighted by molar-refractivity contribution is -0.138. The van der Waals surface area contributed by atoms with Crippen molar-refractivity contribution in [3.05, 3.63) is 22.3 Å². The van der Waals surface area contributed by atoms with Gasteiger partial charge in [0.1, 0.15) is 0 Å². The van der Waals surface area contributed by atoms with Gasteiger partial charge in [0.15, 0.2) is 5.78 Å². The Kier molecular flexibility index (Phi) is 3.46. The molecule has 0 unspecified atom stereocenters. The summed E-state index contributed by atoms with van der Waals surface area (Å²) in [6.45, 7) is 4.14. The van der Waals surface area contributed by atoms with Gasteiger partial charge in [-0.1, -0.05) is 5.57 Å². The molecule has 1 saturated carbocycles. The second kappa shape index (κ2) is 4.86. The van der Waals surface area contributed by atoms with Crippen LogP contribution in [0.15, 0.2) is 22.3 Å². The molecule has 0 amide bonds. The number of ether oxygens (including phenoxy) is 1. The number of hydrogen-bond donors (Lipinski definition) is 0. The highest BCUT2D eigenvalue weighted by molar-refractivity contribution is 6.05. The Hall–Kier alpha value is -1.38. The van der Waals surface area contributed by atoms with E-state index in [1.54, 1.807) is 6.92 Å². The van der Waals surface area contributed by atoms with Crippen LogP contribution >= 0.6 is 0 Å². The predicted octanol–water partition coefficient (Wildman–Crippen LogP) is 2.71. The van der Waals surface area contributed by atoms with E-state index in [1.165, 1.54) is 0 Å². The largest absolute Gasteiger partial charge is 0.463 e. The molecule has 0 N–H and O–H groups in total. The zero-order chi connectivity index (χ0) is 12.4. The molecule has 3 nitrogen and oxygen atoms in total. The topological polar surface area (TPSA) is 43.4 Å². The molecule has 0 atom stereocenters. The highest BCUT2D eigenvalue weighted by atomic mass is 16.5. The van der Waals surface area contributed by atoms with Crippen LogP contribution in [0, 0.1) is 0 Å². The monoisotopic (exact) mass is 234 g/mol. The Labute approximate surface area is 102 Å². The second-order valence-electron chi connectivity index (χ2n) is 4.64. The van der Waals surface area contributed by atoms with Crippen LogP contribution in [-0.2, 0) is 14.3 Å². The van der Waals surface area contributed by atoms with Gasteiger partial charge in [-0.2, -0.15) is 0 Å². The van der Waals surface area contributed by atoms with Gasteiger partial charge in [0.2, 0.25) is 0 Å². The first-order chi connectivity index (χ1) is 8.15. The Morgan fingerprint density at radius 2 is 2.00 bits per heavy atom. The smallest absolute Gasteiger partial charge is 0.334 e. The molecule has 0 aliphatic heterocycles. The molecule has 0 spiro atoms. The van der Waals surface area contributed by atoms with E-state index in [2.05, 4.69) is 0 Å². The predicted molar refractivity (Wildman–Crippen MR) is 64.5 cm³/mol. The van der Waals surface area contributed by atoms with E-state index in [0.29, 0.717) is 19.4 Å². The maximum absolute atomic E-state index is 12.0. The molecule has 17 heavy (non-hydrogen) atoms. The number of carbonyl (C=O) groups is 2. The molecule has 0 bridgehead atoms. The Balaban J connectivity index is 2.36. The number of hydrogen-bond acceptors (Lipinski definition) is 3. The Morgan fingerprint density at radius 3 is 2.71 bits per heavy atom. The summed E-state index contributed by atoms with van der Waals surface area (Å²) >= 11 is 0. The number of allylic oxidation sites excluding steroid dienone is 3. The van der Waals surface area contributed by atoms with Crippen LogP contribution in [0.5, 0.6) is 0 Å². The van der Waals surface area contributed by atoms with Crippen LogP contribution in [0.3, 0.4) is 0 Å². The van der Waals surface area contributed by atoms with Gasteiger partial charge in [0, 0.05) is 24.0 Å². The summed E-state index contributed by atoms with van der Waals surface area (Å²) in [7, 11) is 0. The minimum atomic E-state index is -0.244. The van der Waals surface area contributed by atoms with Crippen molar-refractivity contribution in [2.45, 2.75) is 46.0 Å². The molecular weight excluding hydrogens is 216 g/mol. The van der Waals surface area contributed by atoms with Gasteiger partial charge in [-0.25, -0.2) is 4.79 Å². The zero-order valence-corrected chi connectivity index (χ0v) is 10.5. The SMILES string of the molecule is CCOC(=O)C1=C2CCCCC(=O)C2=C(C)C1. The van der Waals surface area contributed by atoms with Crippen molar-refractivity contribution in [1.82, 2.24) is 0 Å². The highest BCUT2D eigenvalue weighted by Gasteiger charge is 2.31. The van der Waals surface area contributed by atoms with Crippen LogP contribution in [0.4, 0.5) is 0 Å². The van der Waals surface area contributed by atoms with Crippen molar-refractivity contribution in [1.29, 1.82) is 0 Å². The van der Waals surface area contributed by atoms with E-state index in [1.807, 2.05) is 6.92 Å². The Bertz CT molecular complexity index is 427. The van der Waals surface area contributed by atoms with Gasteiger partial charge >= 0.3 is 5.97 Å². The van der Waals surface area contributed by atoms with Crippen molar-refractivity contribution in [3.8, 4) is 0 Å². The van der Waals surface area contributed by atoms with Gasteiger partial charge in [0.05, 0.1) is 6.61 Å². The third-order valence-corrected chi connectivity index (χ3v) is 3.42. The van der Waals surface area contributed by atoms with E-state index < -0.39 is 0 Å². The number of Topliss-reactive ketones (excluding diaryl/α,β-unsaturated/α-hetero) is 1. The number of ketones is 1. The van der Waals surface area contributed by atoms with Crippen molar-refractivity contribution in [2.75, 3.05) is 6.61 Å². The fourth-order valence-corrected chi connectivity index (χ4v) is 2.68. The van der Waals surface area contributed by atoms with Gasteiger partial charge in [0.25, 0.3) is 0 Å². The average Bonchev–Trinajstić information content (AvgIpc) is 2.49. The molecule has 0 aromatic heterocycles. The number of fused-ring (bicyclic) bond motifs is 1. The van der Waals surface area contributed by atoms with Gasteiger partial charge in [-0.3, -0.25) is 4.79 Å². The lowest BCUT2D eigenvalue weighted by atomic mass is 10.00. The summed E-state index contributed by atoms with van der Waals surface area (Å²) in [5.74, 6) is -0.0409. The molecule has 92 valence electrons. The standard InChI is InChI=1S/C14H18O3/c1-3-17-14(16)11-8-9(2)13-10(11)6-4-5-7-12(13)15/h3-8H2,1-2H3. The third-order valence-electron chi connectivity index (χ3n) is 3.42. The van der Waals surface area contributed by atoms with Crippen LogP contribution in [-0.4, -0.2) is 18.4 Å². The maximum atomic E-state index is 12.0. The quantitative estimate of drug-likeness (QED) is 0.690. The Morgan fingerprint density at radius 1 is 1.29 bits per heavy atom. The maximum Gasteiger partial charge on any atom is 0.334 e. The van der Waals surface area contributed by atoms with Crippen LogP contribution in [0.25, 0.3) is 0 Å². The molecule has 0 aromatic carbocycles. The molecule has 3 heteroatoms. The summed E-state index contributed by atoms with van der Waals surface area (Å²) in [5, 5.41) is 0. The van der Waals surface area contributed by atoms with Crippen molar-refractivity contribution < 1.29 is 14.3 Å². The first-order valence-electron chi connectivity index (χ1n) is 6.27. The molecular formula is C14H18O3. The lowest BCUT2D eigenvalue weighted by Crippen LogP contribution is -2.09. The second-order valence-corrected chi connectivity index (χ2v) is 4.64. The minimum absolute atomic E-state index is 0.203. The lowest BCUT2D eigenvalue weighted by Gasteiger charge is -2.07. The van der Waals surface area contributed by atoms with Crippen LogP contribution < -0.4 is 0 Å². The molecule has 0 radical (unpaired) electrons. The fraction of sp³-hybridized carbons (Fsp3) is 0.571. The summed E-state index contributed by atoms with van der Waals surface area (Å²) < 4.78 is 5.06. The van der Waals surface area contributed by atoms with E-state index >= 15 is 0 Å². The number of esters is 1. The fourth-order valence-electron chi connectivity index (χ4n) is 2.68. The van der Waals surface area contributed by atoms with Crippen molar-refractivity contribution in [2.24, 2.45) is 0 Å². The summed E-state index contributed by atoms with van der Waals surface area (Å²) in [4.78, 5) is 23.8. The number of rotatable bonds is 2. The van der Waals surface area contributed by atoms with E-state index in [0.717, 1.165) is 41.6 Å². The third kappa shape index (κ3) is 2.19. The first-order valence-corrected chi connectivity index (χ1v) is 6.27. The molecule has 1 fully saturated rings. The van der Waals surface area contributed by atoms with Crippen LogP contribution in [0.2, 0.25) is 0 Å².